The van der Waals surface area contributed by atoms with Crippen LogP contribution in [0.5, 0.6) is 0 Å². The van der Waals surface area contributed by atoms with Crippen LogP contribution in [0, 0.1) is 12.3 Å². The average Bonchev–Trinajstić information content (AvgIpc) is 3.20. The third-order valence-electron chi connectivity index (χ3n) is 6.14. The van der Waals surface area contributed by atoms with Crippen LogP contribution in [-0.4, -0.2) is 18.0 Å². The number of benzene rings is 3. The number of hydrogen-bond donors (Lipinski definition) is 1. The van der Waals surface area contributed by atoms with Crippen LogP contribution in [-0.2, 0) is 23.7 Å². The number of nitrogens with one attached hydrogen (secondary N) is 1. The molecule has 0 amide bonds. The van der Waals surface area contributed by atoms with Crippen LogP contribution in [0.3, 0.4) is 0 Å². The summed E-state index contributed by atoms with van der Waals surface area (Å²) in [6.45, 7) is 1.95. The van der Waals surface area contributed by atoms with E-state index >= 15 is 0 Å². The summed E-state index contributed by atoms with van der Waals surface area (Å²) in [7, 11) is -2.97. The summed E-state index contributed by atoms with van der Waals surface area (Å²) in [5.74, 6) is 2.61. The zero-order chi connectivity index (χ0) is 23.5. The quantitative estimate of drug-likeness (QED) is 0.304. The van der Waals surface area contributed by atoms with Gasteiger partial charge < -0.3 is 9.55 Å². The van der Waals surface area contributed by atoms with E-state index in [1.54, 1.807) is 6.07 Å². The predicted octanol–water partition coefficient (Wildman–Crippen LogP) is 5.04. The molecule has 5 nitrogen and oxygen atoms in total. The van der Waals surface area contributed by atoms with Crippen LogP contribution >= 0.6 is 0 Å². The lowest BCUT2D eigenvalue weighted by molar-refractivity contribution is 0.552. The second-order valence-electron chi connectivity index (χ2n) is 7.99. The number of H-pyrrole nitrogens is 1. The minimum absolute atomic E-state index is 0.0980. The Morgan fingerprint density at radius 1 is 1.09 bits per heavy atom. The molecule has 1 N–H and O–H groups in total. The Balaban J connectivity index is 1.87. The van der Waals surface area contributed by atoms with Gasteiger partial charge in [-0.05, 0) is 59.5 Å². The van der Waals surface area contributed by atoms with Crippen molar-refractivity contribution in [3.8, 4) is 23.5 Å². The van der Waals surface area contributed by atoms with Gasteiger partial charge in [0, 0.05) is 28.9 Å². The number of terminal acetylenes is 1. The summed E-state index contributed by atoms with van der Waals surface area (Å²) in [6.07, 6.45) is 6.14. The van der Waals surface area contributed by atoms with Gasteiger partial charge in [0.25, 0.3) is 0 Å². The summed E-state index contributed by atoms with van der Waals surface area (Å²) < 4.78 is 38.4. The van der Waals surface area contributed by atoms with Crippen molar-refractivity contribution < 1.29 is 12.3 Å². The molecule has 5 rings (SSSR count). The number of fused-ring (bicyclic) bond motifs is 4. The molecule has 0 saturated carbocycles. The number of aryl methyl sites for hydroxylation is 2. The van der Waals surface area contributed by atoms with Crippen molar-refractivity contribution in [2.24, 2.45) is 7.05 Å². The number of nitrogens with zero attached hydrogens (tertiary/aromatic N) is 1. The van der Waals surface area contributed by atoms with E-state index in [-0.39, 0.29) is 5.43 Å². The van der Waals surface area contributed by atoms with E-state index < -0.39 is 15.1 Å². The topological polar surface area (TPSA) is 71.9 Å². The molecule has 0 saturated heterocycles. The fraction of sp³-hybridized carbons (Fsp3) is 0.115. The van der Waals surface area contributed by atoms with Crippen LogP contribution in [0.2, 0.25) is 0 Å². The van der Waals surface area contributed by atoms with E-state index in [2.05, 4.69) is 10.9 Å². The van der Waals surface area contributed by atoms with Crippen molar-refractivity contribution in [2.45, 2.75) is 18.2 Å². The van der Waals surface area contributed by atoms with Gasteiger partial charge in [-0.15, -0.1) is 10.3 Å². The van der Waals surface area contributed by atoms with Crippen LogP contribution < -0.4 is 5.43 Å². The Kier molecular flexibility index (Phi) is 4.66. The van der Waals surface area contributed by atoms with Gasteiger partial charge in [0.2, 0.25) is 0 Å². The van der Waals surface area contributed by atoms with Crippen LogP contribution in [0.15, 0.2) is 64.3 Å². The van der Waals surface area contributed by atoms with Crippen molar-refractivity contribution in [3.05, 3.63) is 75.9 Å². The number of hydrogen-bond acceptors (Lipinski definition) is 3. The minimum atomic E-state index is -4.83. The molecule has 0 spiro atoms. The Morgan fingerprint density at radius 3 is 2.58 bits per heavy atom. The Hall–Kier alpha value is -3.89. The highest BCUT2D eigenvalue weighted by Gasteiger charge is 2.18. The number of halogens is 1. The molecule has 0 fully saturated rings. The van der Waals surface area contributed by atoms with E-state index in [0.717, 1.165) is 22.0 Å². The third kappa shape index (κ3) is 3.22. The Morgan fingerprint density at radius 2 is 1.88 bits per heavy atom. The van der Waals surface area contributed by atoms with Crippen molar-refractivity contribution in [1.82, 2.24) is 9.55 Å². The van der Waals surface area contributed by atoms with Crippen molar-refractivity contribution in [3.63, 3.8) is 0 Å². The third-order valence-corrected chi connectivity index (χ3v) is 6.96. The molecule has 2 aromatic heterocycles. The maximum atomic E-state index is 13.6. The lowest BCUT2D eigenvalue weighted by Gasteiger charge is -2.14. The monoisotopic (exact) mass is 458 g/mol. The molecule has 3 aromatic carbocycles. The number of pyridine rings is 1. The highest BCUT2D eigenvalue weighted by atomic mass is 32.3. The molecule has 2 heterocycles. The van der Waals surface area contributed by atoms with Gasteiger partial charge in [0.15, 0.2) is 5.43 Å². The zero-order valence-corrected chi connectivity index (χ0v) is 18.8. The van der Waals surface area contributed by atoms with Crippen molar-refractivity contribution in [2.75, 3.05) is 0 Å². The van der Waals surface area contributed by atoms with Crippen LogP contribution in [0.25, 0.3) is 44.0 Å². The summed E-state index contributed by atoms with van der Waals surface area (Å²) in [5, 5.41) is 1.94. The first kappa shape index (κ1) is 21.0. The molecule has 0 aliphatic rings. The zero-order valence-electron chi connectivity index (χ0n) is 17.9. The van der Waals surface area contributed by atoms with Gasteiger partial charge in [0.1, 0.15) is 5.65 Å². The number of rotatable bonds is 3. The van der Waals surface area contributed by atoms with Crippen molar-refractivity contribution in [1.29, 1.82) is 0 Å². The van der Waals surface area contributed by atoms with Gasteiger partial charge in [0.05, 0.1) is 15.8 Å². The van der Waals surface area contributed by atoms with E-state index in [0.29, 0.717) is 39.5 Å². The van der Waals surface area contributed by atoms with Gasteiger partial charge in [-0.2, -0.15) is 8.42 Å². The molecule has 0 radical (unpaired) electrons. The molecule has 0 bridgehead atoms. The second-order valence-corrected chi connectivity index (χ2v) is 9.33. The predicted molar refractivity (Wildman–Crippen MR) is 130 cm³/mol. The Bertz CT molecular complexity index is 1820. The SMILES string of the molecule is C#Cc1ccc2c(c1)[nH]c1c2c(=O)c2cc(CC)c(-c3cccc(S(=O)(=O)F)c3)cc2n1C. The maximum absolute atomic E-state index is 13.6. The lowest BCUT2D eigenvalue weighted by Crippen LogP contribution is -2.09. The summed E-state index contributed by atoms with van der Waals surface area (Å²) in [5.41, 5.74) is 4.91. The van der Waals surface area contributed by atoms with Gasteiger partial charge >= 0.3 is 10.2 Å². The molecule has 0 aliphatic heterocycles. The molecular weight excluding hydrogens is 439 g/mol. The molecule has 7 heteroatoms. The molecule has 0 unspecified atom stereocenters. The highest BCUT2D eigenvalue weighted by molar-refractivity contribution is 7.86. The number of aromatic amines is 1. The fourth-order valence-corrected chi connectivity index (χ4v) is 4.99. The average molecular weight is 459 g/mol. The molecule has 33 heavy (non-hydrogen) atoms. The van der Waals surface area contributed by atoms with Gasteiger partial charge in [-0.1, -0.05) is 31.0 Å². The van der Waals surface area contributed by atoms with Gasteiger partial charge in [-0.25, -0.2) is 0 Å². The lowest BCUT2D eigenvalue weighted by atomic mass is 9.95. The normalized spacial score (nSPS) is 11.9. The van der Waals surface area contributed by atoms with Gasteiger partial charge in [-0.3, -0.25) is 4.79 Å². The largest absolute Gasteiger partial charge is 0.340 e. The number of aromatic nitrogens is 2. The van der Waals surface area contributed by atoms with E-state index in [4.69, 9.17) is 6.42 Å². The molecular formula is C26H19FN2O3S. The molecule has 0 aliphatic carbocycles. The van der Waals surface area contributed by atoms with Crippen LogP contribution in [0.1, 0.15) is 18.1 Å². The summed E-state index contributed by atoms with van der Waals surface area (Å²) in [4.78, 5) is 16.5. The standard InChI is InChI=1S/C26H19FN2O3S/c1-4-15-9-10-19-22(11-15)28-26-24(19)25(30)21-13-16(5-2)20(14-23(21)29(26)3)17-7-6-8-18(12-17)33(27,31)32/h1,6-14,28H,5H2,2-3H3. The fourth-order valence-electron chi connectivity index (χ4n) is 4.48. The van der Waals surface area contributed by atoms with E-state index in [9.17, 15) is 17.1 Å². The first-order chi connectivity index (χ1) is 15.7. The Labute approximate surface area is 189 Å². The first-order valence-electron chi connectivity index (χ1n) is 10.4. The maximum Gasteiger partial charge on any atom is 0.332 e. The van der Waals surface area contributed by atoms with E-state index in [1.165, 1.54) is 18.2 Å². The molecule has 164 valence electrons. The highest BCUT2D eigenvalue weighted by Crippen LogP contribution is 2.32. The smallest absolute Gasteiger partial charge is 0.332 e. The summed E-state index contributed by atoms with van der Waals surface area (Å²) >= 11 is 0. The summed E-state index contributed by atoms with van der Waals surface area (Å²) in [6, 6.07) is 15.0. The molecule has 0 atom stereocenters. The minimum Gasteiger partial charge on any atom is -0.340 e. The van der Waals surface area contributed by atoms with Crippen molar-refractivity contribution >= 4 is 43.1 Å². The van der Waals surface area contributed by atoms with E-state index in [1.807, 2.05) is 48.9 Å². The first-order valence-corrected chi connectivity index (χ1v) is 11.7. The molecule has 5 aromatic rings. The second kappa shape index (κ2) is 7.32. The van der Waals surface area contributed by atoms with Crippen LogP contribution in [0.4, 0.5) is 3.89 Å².